The molecule has 166 valence electrons. The molecule has 0 saturated carbocycles. The standard InChI is InChI=1S/C21H20ClN5O5/c1-11-4-5-12(22)8-14(11)23-17(28)10-26-19-18(24-25-26)20(29)27(21(19)30)13-6-7-15(31-2)16(9-13)32-3/h4-9,18-19H,10H2,1-3H3,(H,23,28)/t18-,19+/m0/s1. The lowest BCUT2D eigenvalue weighted by atomic mass is 10.1. The third-order valence-electron chi connectivity index (χ3n) is 5.26. The number of imide groups is 1. The van der Waals surface area contributed by atoms with Crippen LogP contribution >= 0.6 is 11.6 Å². The highest BCUT2D eigenvalue weighted by atomic mass is 35.5. The van der Waals surface area contributed by atoms with E-state index >= 15 is 0 Å². The van der Waals surface area contributed by atoms with Gasteiger partial charge in [-0.3, -0.25) is 19.4 Å². The summed E-state index contributed by atoms with van der Waals surface area (Å²) in [4.78, 5) is 39.6. The molecule has 0 radical (unpaired) electrons. The van der Waals surface area contributed by atoms with Crippen molar-refractivity contribution in [3.63, 3.8) is 0 Å². The predicted octanol–water partition coefficient (Wildman–Crippen LogP) is 2.60. The molecule has 2 aromatic rings. The van der Waals surface area contributed by atoms with Crippen molar-refractivity contribution in [1.82, 2.24) is 5.01 Å². The Kier molecular flexibility index (Phi) is 5.70. The van der Waals surface area contributed by atoms with Gasteiger partial charge in [0.05, 0.1) is 19.9 Å². The van der Waals surface area contributed by atoms with Crippen molar-refractivity contribution in [2.75, 3.05) is 31.0 Å². The molecule has 1 saturated heterocycles. The maximum Gasteiger partial charge on any atom is 0.263 e. The van der Waals surface area contributed by atoms with Crippen LogP contribution in [0.2, 0.25) is 5.02 Å². The lowest BCUT2D eigenvalue weighted by molar-refractivity contribution is -0.123. The van der Waals surface area contributed by atoms with Crippen LogP contribution in [0.3, 0.4) is 0 Å². The number of carbonyl (C=O) groups excluding carboxylic acids is 3. The third kappa shape index (κ3) is 3.73. The van der Waals surface area contributed by atoms with E-state index in [1.807, 2.05) is 6.92 Å². The van der Waals surface area contributed by atoms with E-state index in [2.05, 4.69) is 15.7 Å². The molecule has 10 nitrogen and oxygen atoms in total. The van der Waals surface area contributed by atoms with Gasteiger partial charge in [-0.2, -0.15) is 5.11 Å². The van der Waals surface area contributed by atoms with Crippen molar-refractivity contribution in [2.24, 2.45) is 10.3 Å². The Hall–Kier alpha value is -3.66. The number of hydrogen-bond donors (Lipinski definition) is 1. The summed E-state index contributed by atoms with van der Waals surface area (Å²) in [6, 6.07) is 7.83. The van der Waals surface area contributed by atoms with Gasteiger partial charge in [0, 0.05) is 16.8 Å². The molecule has 2 aromatic carbocycles. The van der Waals surface area contributed by atoms with E-state index in [1.54, 1.807) is 30.3 Å². The van der Waals surface area contributed by atoms with E-state index in [0.29, 0.717) is 27.9 Å². The molecule has 2 atom stereocenters. The molecule has 2 aliphatic rings. The van der Waals surface area contributed by atoms with Gasteiger partial charge in [-0.15, -0.1) is 0 Å². The van der Waals surface area contributed by atoms with Crippen molar-refractivity contribution >= 4 is 40.7 Å². The number of nitrogens with one attached hydrogen (secondary N) is 1. The second kappa shape index (κ2) is 8.46. The number of benzene rings is 2. The van der Waals surface area contributed by atoms with Gasteiger partial charge < -0.3 is 14.8 Å². The second-order valence-electron chi connectivity index (χ2n) is 7.25. The quantitative estimate of drug-likeness (QED) is 0.667. The second-order valence-corrected chi connectivity index (χ2v) is 7.69. The molecule has 0 unspecified atom stereocenters. The molecule has 1 fully saturated rings. The van der Waals surface area contributed by atoms with Crippen LogP contribution in [-0.2, 0) is 14.4 Å². The zero-order valence-electron chi connectivity index (χ0n) is 17.5. The van der Waals surface area contributed by atoms with Gasteiger partial charge in [-0.1, -0.05) is 22.9 Å². The fourth-order valence-electron chi connectivity index (χ4n) is 3.64. The number of anilines is 2. The monoisotopic (exact) mass is 457 g/mol. The molecular formula is C21H20ClN5O5. The molecule has 0 aromatic heterocycles. The molecule has 3 amide bonds. The topological polar surface area (TPSA) is 113 Å². The van der Waals surface area contributed by atoms with Gasteiger partial charge in [0.2, 0.25) is 5.91 Å². The summed E-state index contributed by atoms with van der Waals surface area (Å²) in [6.07, 6.45) is 0. The normalized spacial score (nSPS) is 19.4. The number of amides is 3. The number of rotatable bonds is 6. The molecule has 0 bridgehead atoms. The summed E-state index contributed by atoms with van der Waals surface area (Å²) >= 11 is 5.99. The number of aryl methyl sites for hydroxylation is 1. The van der Waals surface area contributed by atoms with Gasteiger partial charge in [-0.05, 0) is 36.8 Å². The summed E-state index contributed by atoms with van der Waals surface area (Å²) in [5.41, 5.74) is 1.70. The Labute approximate surface area is 188 Å². The van der Waals surface area contributed by atoms with Crippen LogP contribution < -0.4 is 19.7 Å². The van der Waals surface area contributed by atoms with E-state index in [9.17, 15) is 14.4 Å². The molecule has 2 aliphatic heterocycles. The fourth-order valence-corrected chi connectivity index (χ4v) is 3.81. The van der Waals surface area contributed by atoms with Gasteiger partial charge in [0.1, 0.15) is 6.54 Å². The average molecular weight is 458 g/mol. The highest BCUT2D eigenvalue weighted by Gasteiger charge is 2.55. The van der Waals surface area contributed by atoms with Crippen LogP contribution in [0.4, 0.5) is 11.4 Å². The molecule has 4 rings (SSSR count). The Morgan fingerprint density at radius 2 is 1.84 bits per heavy atom. The minimum absolute atomic E-state index is 0.255. The Morgan fingerprint density at radius 3 is 2.56 bits per heavy atom. The summed E-state index contributed by atoms with van der Waals surface area (Å²) in [5.74, 6) is -0.629. The zero-order chi connectivity index (χ0) is 23.0. The van der Waals surface area contributed by atoms with Gasteiger partial charge in [0.15, 0.2) is 23.6 Å². The molecule has 2 heterocycles. The largest absolute Gasteiger partial charge is 0.493 e. The molecular weight excluding hydrogens is 438 g/mol. The summed E-state index contributed by atoms with van der Waals surface area (Å²) in [6.45, 7) is 1.58. The van der Waals surface area contributed by atoms with Crippen LogP contribution in [0.15, 0.2) is 46.7 Å². The average Bonchev–Trinajstić information content (AvgIpc) is 3.29. The SMILES string of the molecule is COc1ccc(N2C(=O)[C@H]3N=NN(CC(=O)Nc4cc(Cl)ccc4C)[C@H]3C2=O)cc1OC. The van der Waals surface area contributed by atoms with Crippen molar-refractivity contribution in [2.45, 2.75) is 19.0 Å². The fraction of sp³-hybridized carbons (Fsp3) is 0.286. The van der Waals surface area contributed by atoms with Crippen molar-refractivity contribution in [1.29, 1.82) is 0 Å². The van der Waals surface area contributed by atoms with Gasteiger partial charge in [-0.25, -0.2) is 4.90 Å². The van der Waals surface area contributed by atoms with Gasteiger partial charge >= 0.3 is 0 Å². The van der Waals surface area contributed by atoms with Crippen molar-refractivity contribution in [3.05, 3.63) is 47.0 Å². The van der Waals surface area contributed by atoms with Crippen LogP contribution in [0.5, 0.6) is 11.5 Å². The van der Waals surface area contributed by atoms with E-state index in [-0.39, 0.29) is 6.54 Å². The molecule has 11 heteroatoms. The number of ether oxygens (including phenoxy) is 2. The maximum atomic E-state index is 13.1. The number of hydrogen-bond acceptors (Lipinski definition) is 8. The number of fused-ring (bicyclic) bond motifs is 1. The first-order chi connectivity index (χ1) is 15.3. The Balaban J connectivity index is 1.52. The van der Waals surface area contributed by atoms with E-state index < -0.39 is 29.8 Å². The van der Waals surface area contributed by atoms with Crippen LogP contribution in [-0.4, -0.2) is 55.6 Å². The molecule has 0 spiro atoms. The van der Waals surface area contributed by atoms with Crippen molar-refractivity contribution in [3.8, 4) is 11.5 Å². The van der Waals surface area contributed by atoms with E-state index in [4.69, 9.17) is 21.1 Å². The van der Waals surface area contributed by atoms with E-state index in [0.717, 1.165) is 10.5 Å². The first kappa shape index (κ1) is 21.6. The zero-order valence-corrected chi connectivity index (χ0v) is 18.3. The predicted molar refractivity (Wildman–Crippen MR) is 116 cm³/mol. The minimum Gasteiger partial charge on any atom is -0.493 e. The van der Waals surface area contributed by atoms with Crippen molar-refractivity contribution < 1.29 is 23.9 Å². The highest BCUT2D eigenvalue weighted by Crippen LogP contribution is 2.36. The summed E-state index contributed by atoms with van der Waals surface area (Å²) in [7, 11) is 2.95. The summed E-state index contributed by atoms with van der Waals surface area (Å²) in [5, 5.41) is 12.3. The smallest absolute Gasteiger partial charge is 0.263 e. The minimum atomic E-state index is -1.02. The maximum absolute atomic E-state index is 13.1. The number of carbonyl (C=O) groups is 3. The van der Waals surface area contributed by atoms with E-state index in [1.165, 1.54) is 25.3 Å². The first-order valence-corrected chi connectivity index (χ1v) is 10.0. The van der Waals surface area contributed by atoms with Crippen LogP contribution in [0.1, 0.15) is 5.56 Å². The Bertz CT molecular complexity index is 1140. The molecule has 0 aliphatic carbocycles. The number of nitrogens with zero attached hydrogens (tertiary/aromatic N) is 4. The lowest BCUT2D eigenvalue weighted by Crippen LogP contribution is -2.43. The number of methoxy groups -OCH3 is 2. The Morgan fingerprint density at radius 1 is 1.09 bits per heavy atom. The van der Waals surface area contributed by atoms with Crippen LogP contribution in [0, 0.1) is 6.92 Å². The molecule has 32 heavy (non-hydrogen) atoms. The summed E-state index contributed by atoms with van der Waals surface area (Å²) < 4.78 is 10.5. The number of halogens is 1. The van der Waals surface area contributed by atoms with Crippen LogP contribution in [0.25, 0.3) is 0 Å². The first-order valence-electron chi connectivity index (χ1n) is 9.67. The van der Waals surface area contributed by atoms with Gasteiger partial charge in [0.25, 0.3) is 11.8 Å². The molecule has 1 N–H and O–H groups in total. The highest BCUT2D eigenvalue weighted by molar-refractivity contribution is 6.31. The third-order valence-corrected chi connectivity index (χ3v) is 5.50. The lowest BCUT2D eigenvalue weighted by Gasteiger charge is -2.21.